The van der Waals surface area contributed by atoms with E-state index in [1.54, 1.807) is 6.33 Å². The molecule has 0 spiro atoms. The summed E-state index contributed by atoms with van der Waals surface area (Å²) in [5.74, 6) is 2.02. The van der Waals surface area contributed by atoms with Gasteiger partial charge in [-0.1, -0.05) is 27.7 Å². The predicted octanol–water partition coefficient (Wildman–Crippen LogP) is 1.86. The summed E-state index contributed by atoms with van der Waals surface area (Å²) in [5.41, 5.74) is -0.744. The molecule has 20 heavy (non-hydrogen) atoms. The molecule has 2 N–H and O–H groups in total. The smallest absolute Gasteiger partial charge is 0.138 e. The van der Waals surface area contributed by atoms with Gasteiger partial charge < -0.3 is 10.4 Å². The molecule has 0 aromatic carbocycles. The van der Waals surface area contributed by atoms with Gasteiger partial charge in [0.1, 0.15) is 12.2 Å². The summed E-state index contributed by atoms with van der Waals surface area (Å²) in [6, 6.07) is 0. The van der Waals surface area contributed by atoms with E-state index in [2.05, 4.69) is 43.1 Å². The van der Waals surface area contributed by atoms with Gasteiger partial charge in [-0.3, -0.25) is 0 Å². The molecule has 1 aromatic heterocycles. The standard InChI is InChI=1S/C15H30N4O/c1-12(2)9-16-7-6-15(5,20)8-14-17-11-18-19(14)10-13(3)4/h11-13,16,20H,6-10H2,1-5H3. The first-order chi connectivity index (χ1) is 9.30. The van der Waals surface area contributed by atoms with E-state index in [-0.39, 0.29) is 0 Å². The Hall–Kier alpha value is -0.940. The normalized spacial score (nSPS) is 15.0. The first-order valence-electron chi connectivity index (χ1n) is 7.60. The van der Waals surface area contributed by atoms with Crippen LogP contribution in [-0.2, 0) is 13.0 Å². The number of aromatic nitrogens is 3. The van der Waals surface area contributed by atoms with Crippen LogP contribution in [0.3, 0.4) is 0 Å². The number of hydrogen-bond donors (Lipinski definition) is 2. The van der Waals surface area contributed by atoms with Gasteiger partial charge in [0.15, 0.2) is 0 Å². The van der Waals surface area contributed by atoms with E-state index in [9.17, 15) is 5.11 Å². The molecule has 0 radical (unpaired) electrons. The van der Waals surface area contributed by atoms with E-state index < -0.39 is 5.60 Å². The highest BCUT2D eigenvalue weighted by molar-refractivity contribution is 4.93. The number of hydrogen-bond acceptors (Lipinski definition) is 4. The molecule has 0 fully saturated rings. The van der Waals surface area contributed by atoms with Gasteiger partial charge in [0.2, 0.25) is 0 Å². The van der Waals surface area contributed by atoms with Gasteiger partial charge in [-0.05, 0) is 38.3 Å². The van der Waals surface area contributed by atoms with Crippen molar-refractivity contribution in [1.29, 1.82) is 0 Å². The average Bonchev–Trinajstić information content (AvgIpc) is 2.70. The third kappa shape index (κ3) is 6.48. The van der Waals surface area contributed by atoms with E-state index in [4.69, 9.17) is 0 Å². The molecule has 0 bridgehead atoms. The minimum Gasteiger partial charge on any atom is -0.390 e. The Morgan fingerprint density at radius 1 is 1.30 bits per heavy atom. The van der Waals surface area contributed by atoms with Crippen molar-refractivity contribution in [3.63, 3.8) is 0 Å². The second-order valence-electron chi connectivity index (χ2n) is 6.77. The molecule has 5 heteroatoms. The van der Waals surface area contributed by atoms with E-state index >= 15 is 0 Å². The Morgan fingerprint density at radius 2 is 2.00 bits per heavy atom. The predicted molar refractivity (Wildman–Crippen MR) is 81.5 cm³/mol. The highest BCUT2D eigenvalue weighted by atomic mass is 16.3. The first kappa shape index (κ1) is 17.1. The van der Waals surface area contributed by atoms with Crippen LogP contribution in [0.25, 0.3) is 0 Å². The maximum atomic E-state index is 10.5. The van der Waals surface area contributed by atoms with Crippen LogP contribution in [-0.4, -0.2) is 38.6 Å². The van der Waals surface area contributed by atoms with Crippen molar-refractivity contribution >= 4 is 0 Å². The van der Waals surface area contributed by atoms with Gasteiger partial charge in [-0.2, -0.15) is 5.10 Å². The zero-order valence-corrected chi connectivity index (χ0v) is 13.6. The summed E-state index contributed by atoms with van der Waals surface area (Å²) in [5, 5.41) is 18.1. The van der Waals surface area contributed by atoms with Crippen molar-refractivity contribution in [2.45, 2.75) is 59.6 Å². The fourth-order valence-corrected chi connectivity index (χ4v) is 2.10. The number of aliphatic hydroxyl groups is 1. The lowest BCUT2D eigenvalue weighted by Crippen LogP contribution is -2.34. The molecule has 5 nitrogen and oxygen atoms in total. The SMILES string of the molecule is CC(C)CNCCC(C)(O)Cc1ncnn1CC(C)C. The largest absolute Gasteiger partial charge is 0.390 e. The lowest BCUT2D eigenvalue weighted by atomic mass is 9.97. The second kappa shape index (κ2) is 7.74. The molecule has 0 amide bonds. The molecule has 116 valence electrons. The second-order valence-corrected chi connectivity index (χ2v) is 6.77. The molecule has 0 aliphatic rings. The van der Waals surface area contributed by atoms with Gasteiger partial charge in [-0.15, -0.1) is 0 Å². The summed E-state index contributed by atoms with van der Waals surface area (Å²) in [4.78, 5) is 4.28. The van der Waals surface area contributed by atoms with E-state index in [0.29, 0.717) is 24.7 Å². The molecule has 0 saturated heterocycles. The van der Waals surface area contributed by atoms with Gasteiger partial charge in [0, 0.05) is 13.0 Å². The van der Waals surface area contributed by atoms with Crippen molar-refractivity contribution in [3.05, 3.63) is 12.2 Å². The molecule has 1 heterocycles. The monoisotopic (exact) mass is 282 g/mol. The fourth-order valence-electron chi connectivity index (χ4n) is 2.10. The molecule has 1 unspecified atom stereocenters. The van der Waals surface area contributed by atoms with Crippen molar-refractivity contribution in [2.24, 2.45) is 11.8 Å². The molecule has 0 aliphatic heterocycles. The Kier molecular flexibility index (Phi) is 6.62. The van der Waals surface area contributed by atoms with Gasteiger partial charge >= 0.3 is 0 Å². The molecule has 1 atom stereocenters. The minimum atomic E-state index is -0.744. The summed E-state index contributed by atoms with van der Waals surface area (Å²) in [6.45, 7) is 13.2. The van der Waals surface area contributed by atoms with Crippen LogP contribution in [0.1, 0.15) is 46.9 Å². The van der Waals surface area contributed by atoms with Crippen LogP contribution in [0.15, 0.2) is 6.33 Å². The zero-order valence-electron chi connectivity index (χ0n) is 13.6. The maximum Gasteiger partial charge on any atom is 0.138 e. The molecule has 0 saturated carbocycles. The van der Waals surface area contributed by atoms with E-state index in [1.807, 2.05) is 11.6 Å². The van der Waals surface area contributed by atoms with Crippen molar-refractivity contribution < 1.29 is 5.11 Å². The molecular weight excluding hydrogens is 252 g/mol. The van der Waals surface area contributed by atoms with Crippen LogP contribution in [0.2, 0.25) is 0 Å². The molecule has 1 rings (SSSR count). The lowest BCUT2D eigenvalue weighted by Gasteiger charge is -2.23. The topological polar surface area (TPSA) is 63.0 Å². The van der Waals surface area contributed by atoms with Gasteiger partial charge in [0.05, 0.1) is 5.60 Å². The Bertz CT molecular complexity index is 385. The molecular formula is C15H30N4O. The molecule has 1 aromatic rings. The van der Waals surface area contributed by atoms with E-state index in [0.717, 1.165) is 25.5 Å². The lowest BCUT2D eigenvalue weighted by molar-refractivity contribution is 0.0480. The Morgan fingerprint density at radius 3 is 2.60 bits per heavy atom. The number of rotatable bonds is 9. The van der Waals surface area contributed by atoms with Crippen molar-refractivity contribution in [1.82, 2.24) is 20.1 Å². The van der Waals surface area contributed by atoms with Gasteiger partial charge in [0.25, 0.3) is 0 Å². The third-order valence-electron chi connectivity index (χ3n) is 3.17. The van der Waals surface area contributed by atoms with Gasteiger partial charge in [-0.25, -0.2) is 9.67 Å². The number of nitrogens with one attached hydrogen (secondary N) is 1. The summed E-state index contributed by atoms with van der Waals surface area (Å²) < 4.78 is 1.90. The quantitative estimate of drug-likeness (QED) is 0.679. The van der Waals surface area contributed by atoms with Crippen LogP contribution >= 0.6 is 0 Å². The summed E-state index contributed by atoms with van der Waals surface area (Å²) in [7, 11) is 0. The summed E-state index contributed by atoms with van der Waals surface area (Å²) in [6.07, 6.45) is 2.84. The minimum absolute atomic E-state index is 0.521. The highest BCUT2D eigenvalue weighted by Gasteiger charge is 2.23. The van der Waals surface area contributed by atoms with Crippen LogP contribution in [0, 0.1) is 11.8 Å². The first-order valence-corrected chi connectivity index (χ1v) is 7.60. The average molecular weight is 282 g/mol. The Labute approximate surface area is 122 Å². The van der Waals surface area contributed by atoms with Crippen LogP contribution < -0.4 is 5.32 Å². The van der Waals surface area contributed by atoms with Crippen molar-refractivity contribution in [3.8, 4) is 0 Å². The van der Waals surface area contributed by atoms with Crippen LogP contribution in [0.4, 0.5) is 0 Å². The zero-order chi connectivity index (χ0) is 15.2. The third-order valence-corrected chi connectivity index (χ3v) is 3.17. The fraction of sp³-hybridized carbons (Fsp3) is 0.867. The Balaban J connectivity index is 2.47. The van der Waals surface area contributed by atoms with Crippen molar-refractivity contribution in [2.75, 3.05) is 13.1 Å². The summed E-state index contributed by atoms with van der Waals surface area (Å²) >= 11 is 0. The molecule has 0 aliphatic carbocycles. The highest BCUT2D eigenvalue weighted by Crippen LogP contribution is 2.15. The van der Waals surface area contributed by atoms with Crippen LogP contribution in [0.5, 0.6) is 0 Å². The van der Waals surface area contributed by atoms with E-state index in [1.165, 1.54) is 0 Å². The number of nitrogens with zero attached hydrogens (tertiary/aromatic N) is 3. The maximum absolute atomic E-state index is 10.5.